The van der Waals surface area contributed by atoms with Crippen LogP contribution in [-0.2, 0) is 14.8 Å². The summed E-state index contributed by atoms with van der Waals surface area (Å²) < 4.78 is 27.5. The zero-order chi connectivity index (χ0) is 15.5. The highest BCUT2D eigenvalue weighted by Crippen LogP contribution is 2.19. The van der Waals surface area contributed by atoms with Gasteiger partial charge in [-0.05, 0) is 43.0 Å². The van der Waals surface area contributed by atoms with Crippen molar-refractivity contribution in [2.45, 2.75) is 17.7 Å². The van der Waals surface area contributed by atoms with Gasteiger partial charge in [0.25, 0.3) is 5.91 Å². The number of sulfonamides is 1. The molecule has 21 heavy (non-hydrogen) atoms. The van der Waals surface area contributed by atoms with Crippen LogP contribution in [0.5, 0.6) is 0 Å². The number of carbonyl (C=O) groups excluding carboxylic acids is 1. The van der Waals surface area contributed by atoms with E-state index in [1.165, 1.54) is 24.3 Å². The second-order valence-corrected chi connectivity index (χ2v) is 6.85. The van der Waals surface area contributed by atoms with Gasteiger partial charge in [0.05, 0.1) is 11.5 Å². The molecule has 1 atom stereocenters. The Morgan fingerprint density at radius 1 is 1.38 bits per heavy atom. The maximum absolute atomic E-state index is 12.4. The quantitative estimate of drug-likeness (QED) is 0.892. The minimum absolute atomic E-state index is 0.00922. The number of hydrogen-bond donors (Lipinski definition) is 1. The monoisotopic (exact) mass is 312 g/mol. The first-order valence-corrected chi connectivity index (χ1v) is 8.37. The summed E-state index contributed by atoms with van der Waals surface area (Å²) in [5, 5.41) is 5.04. The zero-order valence-electron chi connectivity index (χ0n) is 12.0. The summed E-state index contributed by atoms with van der Waals surface area (Å²) in [6.07, 6.45) is 2.01. The number of nitrogens with zero attached hydrogens (tertiary/aromatic N) is 1. The highest BCUT2D eigenvalue weighted by Gasteiger charge is 2.24. The van der Waals surface area contributed by atoms with Gasteiger partial charge in [-0.25, -0.2) is 13.6 Å². The van der Waals surface area contributed by atoms with Gasteiger partial charge >= 0.3 is 0 Å². The topological polar surface area (TPSA) is 89.7 Å². The lowest BCUT2D eigenvalue weighted by atomic mass is 9.98. The lowest BCUT2D eigenvalue weighted by Crippen LogP contribution is -2.41. The lowest BCUT2D eigenvalue weighted by Gasteiger charge is -2.32. The van der Waals surface area contributed by atoms with Gasteiger partial charge in [0.2, 0.25) is 10.0 Å². The zero-order valence-corrected chi connectivity index (χ0v) is 12.8. The minimum atomic E-state index is -3.73. The number of primary sulfonamides is 1. The first kappa shape index (κ1) is 15.9. The van der Waals surface area contributed by atoms with Crippen molar-refractivity contribution in [2.75, 3.05) is 26.8 Å². The van der Waals surface area contributed by atoms with Crippen molar-refractivity contribution >= 4 is 15.9 Å². The average Bonchev–Trinajstić information content (AvgIpc) is 2.46. The third-order valence-corrected chi connectivity index (χ3v) is 4.57. The molecule has 1 aromatic carbocycles. The van der Waals surface area contributed by atoms with Gasteiger partial charge in [-0.3, -0.25) is 4.79 Å². The third-order valence-electron chi connectivity index (χ3n) is 3.64. The second kappa shape index (κ2) is 6.55. The Morgan fingerprint density at radius 2 is 2.05 bits per heavy atom. The minimum Gasteiger partial charge on any atom is -0.384 e. The molecule has 2 N–H and O–H groups in total. The van der Waals surface area contributed by atoms with Crippen molar-refractivity contribution in [1.82, 2.24) is 4.90 Å². The summed E-state index contributed by atoms with van der Waals surface area (Å²) in [7, 11) is -2.07. The number of rotatable bonds is 4. The SMILES string of the molecule is COCC1CCCN(C(=O)c2ccc(S(N)(=O)=O)cc2)C1. The van der Waals surface area contributed by atoms with Crippen LogP contribution in [0.3, 0.4) is 0 Å². The second-order valence-electron chi connectivity index (χ2n) is 5.28. The molecule has 0 radical (unpaired) electrons. The van der Waals surface area contributed by atoms with E-state index in [1.807, 2.05) is 0 Å². The van der Waals surface area contributed by atoms with Gasteiger partial charge < -0.3 is 9.64 Å². The van der Waals surface area contributed by atoms with E-state index >= 15 is 0 Å². The van der Waals surface area contributed by atoms with Crippen molar-refractivity contribution in [1.29, 1.82) is 0 Å². The number of ether oxygens (including phenoxy) is 1. The van der Waals surface area contributed by atoms with E-state index in [9.17, 15) is 13.2 Å². The van der Waals surface area contributed by atoms with Gasteiger partial charge in [-0.15, -0.1) is 0 Å². The predicted molar refractivity (Wildman–Crippen MR) is 78.3 cm³/mol. The van der Waals surface area contributed by atoms with E-state index in [0.717, 1.165) is 19.4 Å². The number of piperidine rings is 1. The lowest BCUT2D eigenvalue weighted by molar-refractivity contribution is 0.0571. The van der Waals surface area contributed by atoms with Crippen molar-refractivity contribution in [2.24, 2.45) is 11.1 Å². The average molecular weight is 312 g/mol. The molecule has 0 bridgehead atoms. The summed E-state index contributed by atoms with van der Waals surface area (Å²) in [5.74, 6) is 0.271. The van der Waals surface area contributed by atoms with Gasteiger partial charge in [0, 0.05) is 25.8 Å². The molecule has 0 saturated carbocycles. The molecule has 116 valence electrons. The van der Waals surface area contributed by atoms with Crippen LogP contribution >= 0.6 is 0 Å². The standard InChI is InChI=1S/C14H20N2O4S/c1-20-10-11-3-2-8-16(9-11)14(17)12-4-6-13(7-5-12)21(15,18)19/h4-7,11H,2-3,8-10H2,1H3,(H2,15,18,19). The van der Waals surface area contributed by atoms with Gasteiger partial charge in [0.1, 0.15) is 0 Å². The number of nitrogens with two attached hydrogens (primary N) is 1. The fraction of sp³-hybridized carbons (Fsp3) is 0.500. The van der Waals surface area contributed by atoms with Gasteiger partial charge in [-0.1, -0.05) is 0 Å². The molecule has 1 fully saturated rings. The third kappa shape index (κ3) is 4.03. The van der Waals surface area contributed by atoms with E-state index < -0.39 is 10.0 Å². The highest BCUT2D eigenvalue weighted by atomic mass is 32.2. The Bertz CT molecular complexity index is 596. The summed E-state index contributed by atoms with van der Waals surface area (Å²) in [6, 6.07) is 5.72. The first-order chi connectivity index (χ1) is 9.91. The molecule has 0 aliphatic carbocycles. The molecule has 1 aliphatic heterocycles. The Kier molecular flexibility index (Phi) is 4.97. The number of methoxy groups -OCH3 is 1. The van der Waals surface area contributed by atoms with Crippen molar-refractivity contribution in [3.8, 4) is 0 Å². The molecule has 1 aliphatic rings. The maximum Gasteiger partial charge on any atom is 0.253 e. The largest absolute Gasteiger partial charge is 0.384 e. The molecule has 6 nitrogen and oxygen atoms in total. The van der Waals surface area contributed by atoms with E-state index in [1.54, 1.807) is 12.0 Å². The molecule has 2 rings (SSSR count). The molecule has 1 saturated heterocycles. The van der Waals surface area contributed by atoms with Crippen molar-refractivity contribution in [3.63, 3.8) is 0 Å². The van der Waals surface area contributed by atoms with Crippen LogP contribution in [0.4, 0.5) is 0 Å². The summed E-state index contributed by atoms with van der Waals surface area (Å²) in [4.78, 5) is 14.2. The van der Waals surface area contributed by atoms with Crippen LogP contribution < -0.4 is 5.14 Å². The van der Waals surface area contributed by atoms with E-state index in [2.05, 4.69) is 0 Å². The van der Waals surface area contributed by atoms with Crippen LogP contribution in [0.15, 0.2) is 29.2 Å². The van der Waals surface area contributed by atoms with Gasteiger partial charge in [-0.2, -0.15) is 0 Å². The number of likely N-dealkylation sites (tertiary alicyclic amines) is 1. The number of carbonyl (C=O) groups is 1. The summed E-state index contributed by atoms with van der Waals surface area (Å²) >= 11 is 0. The van der Waals surface area contributed by atoms with Crippen molar-refractivity contribution in [3.05, 3.63) is 29.8 Å². The molecule has 7 heteroatoms. The number of benzene rings is 1. The molecular weight excluding hydrogens is 292 g/mol. The Morgan fingerprint density at radius 3 is 2.62 bits per heavy atom. The van der Waals surface area contributed by atoms with Gasteiger partial charge in [0.15, 0.2) is 0 Å². The Labute approximate surface area is 124 Å². The Hall–Kier alpha value is -1.44. The maximum atomic E-state index is 12.4. The smallest absolute Gasteiger partial charge is 0.253 e. The molecule has 0 spiro atoms. The highest BCUT2D eigenvalue weighted by molar-refractivity contribution is 7.89. The van der Waals surface area contributed by atoms with E-state index in [4.69, 9.17) is 9.88 Å². The summed E-state index contributed by atoms with van der Waals surface area (Å²) in [5.41, 5.74) is 0.473. The molecule has 1 heterocycles. The first-order valence-electron chi connectivity index (χ1n) is 6.83. The van der Waals surface area contributed by atoms with E-state index in [0.29, 0.717) is 24.6 Å². The fourth-order valence-corrected chi connectivity index (χ4v) is 3.11. The van der Waals surface area contributed by atoms with Crippen LogP contribution in [-0.4, -0.2) is 46.0 Å². The molecule has 0 aromatic heterocycles. The van der Waals surface area contributed by atoms with Crippen LogP contribution in [0, 0.1) is 5.92 Å². The summed E-state index contributed by atoms with van der Waals surface area (Å²) in [6.45, 7) is 2.04. The Balaban J connectivity index is 2.09. The molecule has 1 aromatic rings. The number of amides is 1. The number of hydrogen-bond acceptors (Lipinski definition) is 4. The van der Waals surface area contributed by atoms with Crippen LogP contribution in [0.1, 0.15) is 23.2 Å². The van der Waals surface area contributed by atoms with Crippen LogP contribution in [0.2, 0.25) is 0 Å². The molecule has 1 amide bonds. The van der Waals surface area contributed by atoms with Crippen LogP contribution in [0.25, 0.3) is 0 Å². The van der Waals surface area contributed by atoms with Crippen molar-refractivity contribution < 1.29 is 17.9 Å². The normalized spacial score (nSPS) is 19.5. The molecular formula is C14H20N2O4S. The predicted octanol–water partition coefficient (Wildman–Crippen LogP) is 0.833. The molecule has 1 unspecified atom stereocenters. The fourth-order valence-electron chi connectivity index (χ4n) is 2.59. The van der Waals surface area contributed by atoms with E-state index in [-0.39, 0.29) is 10.8 Å².